The van der Waals surface area contributed by atoms with Crippen LogP contribution in [0.4, 0.5) is 5.82 Å². The molecule has 1 aromatic carbocycles. The first-order chi connectivity index (χ1) is 9.25. The van der Waals surface area contributed by atoms with Crippen molar-refractivity contribution in [2.24, 2.45) is 5.92 Å². The number of rotatable bonds is 2. The molecule has 1 aliphatic rings. The van der Waals surface area contributed by atoms with Gasteiger partial charge in [-0.15, -0.1) is 0 Å². The lowest BCUT2D eigenvalue weighted by Crippen LogP contribution is -2.54. The van der Waals surface area contributed by atoms with Crippen LogP contribution >= 0.6 is 0 Å². The van der Waals surface area contributed by atoms with Crippen LogP contribution in [0.2, 0.25) is 0 Å². The van der Waals surface area contributed by atoms with E-state index in [0.29, 0.717) is 12.0 Å². The van der Waals surface area contributed by atoms with Crippen LogP contribution in [0.1, 0.15) is 13.8 Å². The highest BCUT2D eigenvalue weighted by Crippen LogP contribution is 2.21. The van der Waals surface area contributed by atoms with Crippen molar-refractivity contribution < 1.29 is 0 Å². The molecule has 0 spiro atoms. The Bertz CT molecular complexity index is 567. The molecule has 2 heterocycles. The van der Waals surface area contributed by atoms with Crippen molar-refractivity contribution in [3.8, 4) is 0 Å². The summed E-state index contributed by atoms with van der Waals surface area (Å²) in [5.74, 6) is 1.60. The molecule has 1 fully saturated rings. The fraction of sp³-hybridized carbons (Fsp3) is 0.467. The molecule has 1 atom stereocenters. The molecule has 2 aromatic rings. The summed E-state index contributed by atoms with van der Waals surface area (Å²) >= 11 is 0. The van der Waals surface area contributed by atoms with Gasteiger partial charge in [0.25, 0.3) is 0 Å². The zero-order valence-electron chi connectivity index (χ0n) is 11.5. The van der Waals surface area contributed by atoms with Gasteiger partial charge in [-0.3, -0.25) is 4.98 Å². The molecule has 1 aliphatic heterocycles. The number of nitrogens with one attached hydrogen (secondary N) is 1. The molecule has 0 radical (unpaired) electrons. The average Bonchev–Trinajstić information content (AvgIpc) is 2.46. The van der Waals surface area contributed by atoms with Gasteiger partial charge >= 0.3 is 0 Å². The van der Waals surface area contributed by atoms with E-state index in [1.54, 1.807) is 0 Å². The van der Waals surface area contributed by atoms with Crippen molar-refractivity contribution in [1.82, 2.24) is 15.3 Å². The Morgan fingerprint density at radius 2 is 2.05 bits per heavy atom. The van der Waals surface area contributed by atoms with E-state index in [-0.39, 0.29) is 0 Å². The SMILES string of the molecule is CC(C)C1CNCCN1c1cnc2ccccc2n1. The van der Waals surface area contributed by atoms with Crippen molar-refractivity contribution in [3.05, 3.63) is 30.5 Å². The summed E-state index contributed by atoms with van der Waals surface area (Å²) in [4.78, 5) is 11.7. The summed E-state index contributed by atoms with van der Waals surface area (Å²) in [6.45, 7) is 7.55. The number of benzene rings is 1. The minimum absolute atomic E-state index is 0.490. The molecule has 0 saturated carbocycles. The van der Waals surface area contributed by atoms with Gasteiger partial charge < -0.3 is 10.2 Å². The topological polar surface area (TPSA) is 41.0 Å². The highest BCUT2D eigenvalue weighted by Gasteiger charge is 2.26. The summed E-state index contributed by atoms with van der Waals surface area (Å²) < 4.78 is 0. The van der Waals surface area contributed by atoms with Gasteiger partial charge in [-0.05, 0) is 18.1 Å². The highest BCUT2D eigenvalue weighted by atomic mass is 15.3. The van der Waals surface area contributed by atoms with Gasteiger partial charge in [0.2, 0.25) is 0 Å². The van der Waals surface area contributed by atoms with E-state index >= 15 is 0 Å². The Balaban J connectivity index is 1.97. The van der Waals surface area contributed by atoms with Crippen LogP contribution < -0.4 is 10.2 Å². The third kappa shape index (κ3) is 2.40. The number of piperazine rings is 1. The van der Waals surface area contributed by atoms with Crippen molar-refractivity contribution >= 4 is 16.9 Å². The second-order valence-corrected chi connectivity index (χ2v) is 5.43. The third-order valence-electron chi connectivity index (χ3n) is 3.78. The lowest BCUT2D eigenvalue weighted by atomic mass is 10.0. The lowest BCUT2D eigenvalue weighted by Gasteiger charge is -2.39. The molecule has 4 heteroatoms. The fourth-order valence-electron chi connectivity index (χ4n) is 2.69. The summed E-state index contributed by atoms with van der Waals surface area (Å²) in [5.41, 5.74) is 1.93. The Hall–Kier alpha value is -1.68. The molecular weight excluding hydrogens is 236 g/mol. The standard InChI is InChI=1S/C15H20N4/c1-11(2)14-9-16-7-8-19(14)15-10-17-12-5-3-4-6-13(12)18-15/h3-6,10-11,14,16H,7-9H2,1-2H3. The number of anilines is 1. The summed E-state index contributed by atoms with van der Waals surface area (Å²) in [6, 6.07) is 8.53. The number of aromatic nitrogens is 2. The first kappa shape index (κ1) is 12.4. The molecule has 3 rings (SSSR count). The molecule has 0 bridgehead atoms. The summed E-state index contributed by atoms with van der Waals surface area (Å²) in [5, 5.41) is 3.46. The molecule has 1 aromatic heterocycles. The zero-order valence-corrected chi connectivity index (χ0v) is 11.5. The molecule has 19 heavy (non-hydrogen) atoms. The first-order valence-electron chi connectivity index (χ1n) is 6.95. The number of fused-ring (bicyclic) bond motifs is 1. The second kappa shape index (κ2) is 5.13. The van der Waals surface area contributed by atoms with Gasteiger partial charge in [0.15, 0.2) is 0 Å². The second-order valence-electron chi connectivity index (χ2n) is 5.43. The van der Waals surface area contributed by atoms with E-state index in [2.05, 4.69) is 29.0 Å². The molecular formula is C15H20N4. The maximum Gasteiger partial charge on any atom is 0.148 e. The average molecular weight is 256 g/mol. The van der Waals surface area contributed by atoms with Crippen molar-refractivity contribution in [1.29, 1.82) is 0 Å². The van der Waals surface area contributed by atoms with Crippen LogP contribution in [0, 0.1) is 5.92 Å². The Morgan fingerprint density at radius 3 is 2.84 bits per heavy atom. The normalized spacial score (nSPS) is 20.2. The smallest absolute Gasteiger partial charge is 0.148 e. The quantitative estimate of drug-likeness (QED) is 0.893. The Kier molecular flexibility index (Phi) is 3.34. The predicted octanol–water partition coefficient (Wildman–Crippen LogP) is 2.06. The van der Waals surface area contributed by atoms with Crippen LogP contribution in [-0.2, 0) is 0 Å². The third-order valence-corrected chi connectivity index (χ3v) is 3.78. The minimum atomic E-state index is 0.490. The molecule has 100 valence electrons. The fourth-order valence-corrected chi connectivity index (χ4v) is 2.69. The van der Waals surface area contributed by atoms with E-state index < -0.39 is 0 Å². The van der Waals surface area contributed by atoms with E-state index in [1.807, 2.05) is 30.5 Å². The first-order valence-corrected chi connectivity index (χ1v) is 6.95. The van der Waals surface area contributed by atoms with Gasteiger partial charge in [-0.2, -0.15) is 0 Å². The van der Waals surface area contributed by atoms with Crippen molar-refractivity contribution in [3.63, 3.8) is 0 Å². The number of hydrogen-bond acceptors (Lipinski definition) is 4. The van der Waals surface area contributed by atoms with Gasteiger partial charge in [-0.25, -0.2) is 4.98 Å². The Morgan fingerprint density at radius 1 is 1.26 bits per heavy atom. The molecule has 1 N–H and O–H groups in total. The van der Waals surface area contributed by atoms with Crippen LogP contribution in [0.25, 0.3) is 11.0 Å². The highest BCUT2D eigenvalue weighted by molar-refractivity contribution is 5.75. The lowest BCUT2D eigenvalue weighted by molar-refractivity contribution is 0.388. The van der Waals surface area contributed by atoms with Crippen LogP contribution in [0.15, 0.2) is 30.5 Å². The van der Waals surface area contributed by atoms with E-state index in [0.717, 1.165) is 36.5 Å². The van der Waals surface area contributed by atoms with Gasteiger partial charge in [0.05, 0.1) is 17.2 Å². The van der Waals surface area contributed by atoms with Gasteiger partial charge in [-0.1, -0.05) is 26.0 Å². The van der Waals surface area contributed by atoms with Crippen LogP contribution in [0.5, 0.6) is 0 Å². The van der Waals surface area contributed by atoms with E-state index in [9.17, 15) is 0 Å². The minimum Gasteiger partial charge on any atom is -0.350 e. The molecule has 0 aliphatic carbocycles. The Labute approximate surface area is 113 Å². The maximum atomic E-state index is 4.77. The summed E-state index contributed by atoms with van der Waals surface area (Å²) in [7, 11) is 0. The monoisotopic (exact) mass is 256 g/mol. The number of para-hydroxylation sites is 2. The largest absolute Gasteiger partial charge is 0.350 e. The maximum absolute atomic E-state index is 4.77. The number of nitrogens with zero attached hydrogens (tertiary/aromatic N) is 3. The van der Waals surface area contributed by atoms with E-state index in [4.69, 9.17) is 4.98 Å². The molecule has 1 unspecified atom stereocenters. The van der Waals surface area contributed by atoms with Gasteiger partial charge in [0, 0.05) is 25.7 Å². The molecule has 0 amide bonds. The van der Waals surface area contributed by atoms with Gasteiger partial charge in [0.1, 0.15) is 5.82 Å². The van der Waals surface area contributed by atoms with Crippen LogP contribution in [0.3, 0.4) is 0 Å². The molecule has 1 saturated heterocycles. The van der Waals surface area contributed by atoms with Crippen LogP contribution in [-0.4, -0.2) is 35.6 Å². The molecule has 4 nitrogen and oxygen atoms in total. The number of hydrogen-bond donors (Lipinski definition) is 1. The zero-order chi connectivity index (χ0) is 13.2. The van der Waals surface area contributed by atoms with Crippen molar-refractivity contribution in [2.45, 2.75) is 19.9 Å². The van der Waals surface area contributed by atoms with Crippen molar-refractivity contribution in [2.75, 3.05) is 24.5 Å². The summed E-state index contributed by atoms with van der Waals surface area (Å²) in [6.07, 6.45) is 1.91. The predicted molar refractivity (Wildman–Crippen MR) is 78.4 cm³/mol. The van der Waals surface area contributed by atoms with E-state index in [1.165, 1.54) is 0 Å².